The van der Waals surface area contributed by atoms with Crippen molar-refractivity contribution in [3.8, 4) is 17.2 Å². The molecule has 0 saturated carbocycles. The minimum atomic E-state index is -0.414. The van der Waals surface area contributed by atoms with Gasteiger partial charge in [0.15, 0.2) is 5.69 Å². The quantitative estimate of drug-likeness (QED) is 0.358. The number of pyridine rings is 1. The van der Waals surface area contributed by atoms with E-state index in [4.69, 9.17) is 0 Å². The van der Waals surface area contributed by atoms with Crippen LogP contribution >= 0.6 is 0 Å². The first-order valence-corrected chi connectivity index (χ1v) is 12.2. The van der Waals surface area contributed by atoms with Gasteiger partial charge >= 0.3 is 0 Å². The molecule has 0 aliphatic heterocycles. The zero-order valence-corrected chi connectivity index (χ0v) is 22.5. The lowest BCUT2D eigenvalue weighted by Gasteiger charge is -2.20. The first-order chi connectivity index (χ1) is 17.2. The predicted molar refractivity (Wildman–Crippen MR) is 145 cm³/mol. The third-order valence-corrected chi connectivity index (χ3v) is 5.96. The van der Waals surface area contributed by atoms with E-state index in [1.807, 2.05) is 41.5 Å². The van der Waals surface area contributed by atoms with Crippen LogP contribution < -0.4 is 15.4 Å². The predicted octanol–water partition coefficient (Wildman–Crippen LogP) is 5.49. The van der Waals surface area contributed by atoms with Gasteiger partial charge in [-0.25, -0.2) is 0 Å². The first-order valence-electron chi connectivity index (χ1n) is 12.2. The molecular weight excluding hydrogens is 464 g/mol. The molecule has 1 heterocycles. The lowest BCUT2D eigenvalue weighted by Crippen LogP contribution is -2.32. The smallest absolute Gasteiger partial charge is 0.255 e. The molecule has 0 spiro atoms. The summed E-state index contributed by atoms with van der Waals surface area (Å²) in [5.41, 5.74) is 4.03. The summed E-state index contributed by atoms with van der Waals surface area (Å²) in [6, 6.07) is 15.9. The van der Waals surface area contributed by atoms with Gasteiger partial charge in [0.25, 0.3) is 11.8 Å². The van der Waals surface area contributed by atoms with Crippen LogP contribution in [0.5, 0.6) is 0 Å². The number of hydrogen-bond acceptors (Lipinski definition) is 4. The number of carbonyl (C=O) groups excluding carboxylic acids is 2. The van der Waals surface area contributed by atoms with Gasteiger partial charge in [0.05, 0.1) is 17.2 Å². The van der Waals surface area contributed by atoms with Gasteiger partial charge in [-0.05, 0) is 58.4 Å². The molecule has 0 aliphatic carbocycles. The van der Waals surface area contributed by atoms with Crippen LogP contribution in [0, 0.1) is 28.9 Å². The number of hydrogen-bond donors (Lipinski definition) is 2. The molecule has 7 nitrogen and oxygen atoms in total. The summed E-state index contributed by atoms with van der Waals surface area (Å²) in [4.78, 5) is 25.5. The van der Waals surface area contributed by atoms with Crippen LogP contribution in [0.2, 0.25) is 0 Å². The van der Waals surface area contributed by atoms with Gasteiger partial charge in [0.1, 0.15) is 5.69 Å². The standard InChI is InChI=1S/C30H34N4O3/c1-19-26(21-8-10-22(11-9-21)27(35)32-18-29(2,3)4)15-25(17-34(19)37)33-28(36)23-12-20(16-31)13-24(14-23)30(5,6)7/h8-15,17H,18H2,1-7H3,(H,32,35)(H,33,36). The molecule has 2 aromatic carbocycles. The maximum absolute atomic E-state index is 13.1. The Bertz CT molecular complexity index is 1370. The van der Waals surface area contributed by atoms with Crippen molar-refractivity contribution in [1.82, 2.24) is 5.32 Å². The Morgan fingerprint density at radius 2 is 1.59 bits per heavy atom. The Labute approximate surface area is 218 Å². The van der Waals surface area contributed by atoms with E-state index in [1.165, 1.54) is 12.3 Å². The number of rotatable bonds is 5. The van der Waals surface area contributed by atoms with Gasteiger partial charge in [-0.3, -0.25) is 9.59 Å². The number of anilines is 1. The molecular formula is C30H34N4O3. The molecule has 0 unspecified atom stereocenters. The van der Waals surface area contributed by atoms with Crippen molar-refractivity contribution < 1.29 is 14.3 Å². The summed E-state index contributed by atoms with van der Waals surface area (Å²) in [6.07, 6.45) is 1.31. The fraction of sp³-hybridized carbons (Fsp3) is 0.333. The van der Waals surface area contributed by atoms with Gasteiger partial charge < -0.3 is 15.8 Å². The molecule has 0 radical (unpaired) electrons. The maximum Gasteiger partial charge on any atom is 0.255 e. The molecule has 7 heteroatoms. The van der Waals surface area contributed by atoms with Crippen molar-refractivity contribution in [2.24, 2.45) is 5.41 Å². The normalized spacial score (nSPS) is 11.5. The summed E-state index contributed by atoms with van der Waals surface area (Å²) in [5.74, 6) is -0.574. The van der Waals surface area contributed by atoms with E-state index < -0.39 is 5.91 Å². The van der Waals surface area contributed by atoms with E-state index in [1.54, 1.807) is 49.4 Å². The third-order valence-electron chi connectivity index (χ3n) is 5.96. The Morgan fingerprint density at radius 3 is 2.16 bits per heavy atom. The van der Waals surface area contributed by atoms with Crippen molar-refractivity contribution in [2.45, 2.75) is 53.9 Å². The zero-order valence-electron chi connectivity index (χ0n) is 22.5. The summed E-state index contributed by atoms with van der Waals surface area (Å²) in [5, 5.41) is 27.8. The van der Waals surface area contributed by atoms with Crippen molar-refractivity contribution in [3.63, 3.8) is 0 Å². The van der Waals surface area contributed by atoms with Crippen molar-refractivity contribution in [3.05, 3.63) is 87.9 Å². The summed E-state index contributed by atoms with van der Waals surface area (Å²) < 4.78 is 0.710. The first kappa shape index (κ1) is 27.4. The number of amides is 2. The minimum absolute atomic E-state index is 0.0242. The van der Waals surface area contributed by atoms with E-state index in [9.17, 15) is 20.1 Å². The molecule has 0 atom stereocenters. The van der Waals surface area contributed by atoms with Crippen LogP contribution in [-0.4, -0.2) is 18.4 Å². The highest BCUT2D eigenvalue weighted by Gasteiger charge is 2.20. The second-order valence-electron chi connectivity index (χ2n) is 11.5. The molecule has 0 fully saturated rings. The van der Waals surface area contributed by atoms with Crippen molar-refractivity contribution in [1.29, 1.82) is 5.26 Å². The molecule has 0 aliphatic rings. The average molecular weight is 499 g/mol. The average Bonchev–Trinajstić information content (AvgIpc) is 2.83. The fourth-order valence-electron chi connectivity index (χ4n) is 3.71. The van der Waals surface area contributed by atoms with Crippen LogP contribution in [0.3, 0.4) is 0 Å². The van der Waals surface area contributed by atoms with E-state index in [0.717, 1.165) is 11.1 Å². The minimum Gasteiger partial charge on any atom is -0.618 e. The Balaban J connectivity index is 1.88. The number of benzene rings is 2. The second-order valence-corrected chi connectivity index (χ2v) is 11.5. The third kappa shape index (κ3) is 6.95. The van der Waals surface area contributed by atoms with Gasteiger partial charge in [0, 0.05) is 24.6 Å². The van der Waals surface area contributed by atoms with Crippen molar-refractivity contribution in [2.75, 3.05) is 11.9 Å². The molecule has 0 bridgehead atoms. The van der Waals surface area contributed by atoms with E-state index in [-0.39, 0.29) is 16.7 Å². The molecule has 0 saturated heterocycles. The highest BCUT2D eigenvalue weighted by Crippen LogP contribution is 2.27. The Kier molecular flexibility index (Phi) is 7.73. The topological polar surface area (TPSA) is 109 Å². The molecule has 37 heavy (non-hydrogen) atoms. The van der Waals surface area contributed by atoms with Crippen molar-refractivity contribution >= 4 is 17.5 Å². The maximum atomic E-state index is 13.1. The van der Waals surface area contributed by atoms with Crippen LogP contribution in [0.1, 0.15) is 79.1 Å². The lowest BCUT2D eigenvalue weighted by atomic mass is 9.85. The SMILES string of the molecule is Cc1c(-c2ccc(C(=O)NCC(C)(C)C)cc2)cc(NC(=O)c2cc(C#N)cc(C(C)(C)C)c2)c[n+]1[O-]. The highest BCUT2D eigenvalue weighted by atomic mass is 16.5. The Morgan fingerprint density at radius 1 is 0.946 bits per heavy atom. The summed E-state index contributed by atoms with van der Waals surface area (Å²) >= 11 is 0. The zero-order chi connectivity index (χ0) is 27.5. The van der Waals surface area contributed by atoms with E-state index in [0.29, 0.717) is 44.9 Å². The number of nitrogens with one attached hydrogen (secondary N) is 2. The molecule has 3 aromatic rings. The lowest BCUT2D eigenvalue weighted by molar-refractivity contribution is -0.610. The molecule has 192 valence electrons. The van der Waals surface area contributed by atoms with E-state index >= 15 is 0 Å². The fourth-order valence-corrected chi connectivity index (χ4v) is 3.71. The Hall–Kier alpha value is -4.18. The number of carbonyl (C=O) groups is 2. The van der Waals surface area contributed by atoms with Gasteiger partial charge in [-0.2, -0.15) is 9.99 Å². The van der Waals surface area contributed by atoms with Crippen LogP contribution in [-0.2, 0) is 5.41 Å². The highest BCUT2D eigenvalue weighted by molar-refractivity contribution is 6.04. The number of nitriles is 1. The van der Waals surface area contributed by atoms with Crippen LogP contribution in [0.15, 0.2) is 54.7 Å². The van der Waals surface area contributed by atoms with Crippen LogP contribution in [0.4, 0.5) is 5.69 Å². The largest absolute Gasteiger partial charge is 0.618 e. The number of nitrogens with zero attached hydrogens (tertiary/aromatic N) is 2. The van der Waals surface area contributed by atoms with Gasteiger partial charge in [-0.1, -0.05) is 53.7 Å². The summed E-state index contributed by atoms with van der Waals surface area (Å²) in [7, 11) is 0. The number of aromatic nitrogens is 1. The summed E-state index contributed by atoms with van der Waals surface area (Å²) in [6.45, 7) is 14.4. The van der Waals surface area contributed by atoms with E-state index in [2.05, 4.69) is 16.7 Å². The van der Waals surface area contributed by atoms with Gasteiger partial charge in [-0.15, -0.1) is 0 Å². The van der Waals surface area contributed by atoms with Gasteiger partial charge in [0.2, 0.25) is 6.20 Å². The molecule has 1 aromatic heterocycles. The monoisotopic (exact) mass is 498 g/mol. The molecule has 2 amide bonds. The molecule has 2 N–H and O–H groups in total. The van der Waals surface area contributed by atoms with Crippen LogP contribution in [0.25, 0.3) is 11.1 Å². The second kappa shape index (κ2) is 10.4. The molecule has 3 rings (SSSR count).